The van der Waals surface area contributed by atoms with Gasteiger partial charge in [0.1, 0.15) is 6.79 Å². The first kappa shape index (κ1) is 17.9. The van der Waals surface area contributed by atoms with E-state index in [4.69, 9.17) is 18.9 Å². The van der Waals surface area contributed by atoms with Crippen molar-refractivity contribution >= 4 is 0 Å². The molecule has 0 amide bonds. The highest BCUT2D eigenvalue weighted by Gasteiger charge is 2.60. The van der Waals surface area contributed by atoms with Crippen molar-refractivity contribution in [1.29, 1.82) is 0 Å². The molecule has 2 heterocycles. The van der Waals surface area contributed by atoms with E-state index in [1.54, 1.807) is 4.90 Å². The maximum Gasteiger partial charge on any atom is 0.147 e. The van der Waals surface area contributed by atoms with Crippen molar-refractivity contribution in [3.05, 3.63) is 0 Å². The molecule has 148 valence electrons. The fourth-order valence-corrected chi connectivity index (χ4v) is 7.71. The van der Waals surface area contributed by atoms with Crippen molar-refractivity contribution in [1.82, 2.24) is 0 Å². The molecule has 26 heavy (non-hydrogen) atoms. The molecule has 3 saturated carbocycles. The minimum atomic E-state index is 0.266. The van der Waals surface area contributed by atoms with Crippen LogP contribution in [0.3, 0.4) is 0 Å². The predicted octanol–water partition coefficient (Wildman–Crippen LogP) is 1.12. The minimum absolute atomic E-state index is 0.266. The van der Waals surface area contributed by atoms with E-state index in [0.717, 1.165) is 29.7 Å². The van der Waals surface area contributed by atoms with Gasteiger partial charge >= 0.3 is 0 Å². The molecular formula is C21H36NO4+. The van der Waals surface area contributed by atoms with Crippen LogP contribution in [-0.4, -0.2) is 65.1 Å². The SMILES string of the molecule is COC1CC2CC[NH+](C)C3C(CC4CCC5OCOC5C43)C2CC1OC. The third kappa shape index (κ3) is 2.69. The number of nitrogens with one attached hydrogen (secondary N) is 1. The zero-order valence-electron chi connectivity index (χ0n) is 16.6. The third-order valence-corrected chi connectivity index (χ3v) is 8.80. The summed E-state index contributed by atoms with van der Waals surface area (Å²) in [6.45, 7) is 1.81. The Hall–Kier alpha value is -0.200. The lowest BCUT2D eigenvalue weighted by Gasteiger charge is -2.42. The van der Waals surface area contributed by atoms with Crippen LogP contribution in [0.5, 0.6) is 0 Å². The third-order valence-electron chi connectivity index (χ3n) is 8.80. The second-order valence-electron chi connectivity index (χ2n) is 9.62. The summed E-state index contributed by atoms with van der Waals surface area (Å²) in [5, 5.41) is 0. The molecule has 5 fully saturated rings. The molecular weight excluding hydrogens is 330 g/mol. The van der Waals surface area contributed by atoms with E-state index in [0.29, 0.717) is 24.9 Å². The molecule has 2 saturated heterocycles. The maximum atomic E-state index is 6.14. The van der Waals surface area contributed by atoms with E-state index in [1.165, 1.54) is 45.1 Å². The van der Waals surface area contributed by atoms with Crippen LogP contribution in [0.2, 0.25) is 0 Å². The Labute approximate surface area is 157 Å². The number of quaternary nitrogens is 1. The van der Waals surface area contributed by atoms with Crippen LogP contribution < -0.4 is 4.90 Å². The molecule has 5 nitrogen and oxygen atoms in total. The summed E-state index contributed by atoms with van der Waals surface area (Å²) in [6.07, 6.45) is 8.88. The first-order chi connectivity index (χ1) is 12.7. The molecule has 0 aromatic carbocycles. The van der Waals surface area contributed by atoms with Gasteiger partial charge in [0.2, 0.25) is 0 Å². The zero-order valence-corrected chi connectivity index (χ0v) is 16.6. The monoisotopic (exact) mass is 366 g/mol. The van der Waals surface area contributed by atoms with Crippen LogP contribution in [0.1, 0.15) is 38.5 Å². The molecule has 11 atom stereocenters. The van der Waals surface area contributed by atoms with Gasteiger partial charge in [0.15, 0.2) is 0 Å². The van der Waals surface area contributed by atoms with Crippen LogP contribution >= 0.6 is 0 Å². The zero-order chi connectivity index (χ0) is 17.8. The fourth-order valence-electron chi connectivity index (χ4n) is 7.71. The molecule has 2 aliphatic heterocycles. The van der Waals surface area contributed by atoms with E-state index in [-0.39, 0.29) is 12.2 Å². The highest BCUT2D eigenvalue weighted by Crippen LogP contribution is 2.54. The van der Waals surface area contributed by atoms with Crippen LogP contribution in [-0.2, 0) is 18.9 Å². The van der Waals surface area contributed by atoms with Crippen LogP contribution in [0.15, 0.2) is 0 Å². The largest absolute Gasteiger partial charge is 0.379 e. The average Bonchev–Trinajstić information content (AvgIpc) is 3.26. The van der Waals surface area contributed by atoms with Gasteiger partial charge in [-0.15, -0.1) is 0 Å². The molecule has 0 aromatic rings. The average molecular weight is 367 g/mol. The number of likely N-dealkylation sites (tertiary alicyclic amines) is 1. The van der Waals surface area contributed by atoms with Crippen molar-refractivity contribution in [2.45, 2.75) is 69.0 Å². The van der Waals surface area contributed by atoms with Gasteiger partial charge in [-0.3, -0.25) is 0 Å². The van der Waals surface area contributed by atoms with E-state index in [1.807, 2.05) is 14.2 Å². The molecule has 0 aromatic heterocycles. The standard InChI is InChI=1S/C21H35NO4/c1-22-7-6-12-9-17(23-2)18(24-3)10-14(12)15-8-13-4-5-16-21(26-11-25-16)19(13)20(15)22/h12-21H,4-11H2,1-3H3/p+1. The molecule has 1 N–H and O–H groups in total. The van der Waals surface area contributed by atoms with Gasteiger partial charge in [0, 0.05) is 26.1 Å². The van der Waals surface area contributed by atoms with Gasteiger partial charge in [-0.1, -0.05) is 0 Å². The molecule has 0 radical (unpaired) electrons. The number of methoxy groups -OCH3 is 2. The minimum Gasteiger partial charge on any atom is -0.379 e. The van der Waals surface area contributed by atoms with Gasteiger partial charge in [-0.2, -0.15) is 0 Å². The number of fused-ring (bicyclic) bond motifs is 7. The summed E-state index contributed by atoms with van der Waals surface area (Å²) >= 11 is 0. The van der Waals surface area contributed by atoms with E-state index in [2.05, 4.69) is 7.05 Å². The Morgan fingerprint density at radius 3 is 2.46 bits per heavy atom. The van der Waals surface area contributed by atoms with E-state index >= 15 is 0 Å². The first-order valence-electron chi connectivity index (χ1n) is 10.8. The number of rotatable bonds is 2. The summed E-state index contributed by atoms with van der Waals surface area (Å²) in [4.78, 5) is 1.75. The normalized spacial score (nSPS) is 56.2. The van der Waals surface area contributed by atoms with Crippen molar-refractivity contribution in [2.75, 3.05) is 34.6 Å². The van der Waals surface area contributed by atoms with Gasteiger partial charge in [0.05, 0.1) is 44.1 Å². The Bertz CT molecular complexity index is 516. The van der Waals surface area contributed by atoms with Crippen LogP contribution in [0.4, 0.5) is 0 Å². The molecule has 0 spiro atoms. The van der Waals surface area contributed by atoms with Crippen molar-refractivity contribution in [3.8, 4) is 0 Å². The van der Waals surface area contributed by atoms with Crippen molar-refractivity contribution < 1.29 is 23.8 Å². The summed E-state index contributed by atoms with van der Waals surface area (Å²) < 4.78 is 23.7. The topological polar surface area (TPSA) is 41.4 Å². The number of ether oxygens (including phenoxy) is 4. The maximum absolute atomic E-state index is 6.14. The van der Waals surface area contributed by atoms with Gasteiger partial charge in [-0.25, -0.2) is 0 Å². The van der Waals surface area contributed by atoms with E-state index < -0.39 is 0 Å². The molecule has 5 heteroatoms. The smallest absolute Gasteiger partial charge is 0.147 e. The number of hydrogen-bond acceptors (Lipinski definition) is 4. The summed E-state index contributed by atoms with van der Waals surface area (Å²) in [7, 11) is 6.17. The Kier molecular flexibility index (Phi) is 4.81. The Balaban J connectivity index is 1.44. The van der Waals surface area contributed by atoms with Gasteiger partial charge in [0.25, 0.3) is 0 Å². The second-order valence-corrected chi connectivity index (χ2v) is 9.62. The molecule has 5 aliphatic rings. The van der Waals surface area contributed by atoms with Gasteiger partial charge in [-0.05, 0) is 56.3 Å². The summed E-state index contributed by atoms with van der Waals surface area (Å²) in [6, 6.07) is 0.737. The summed E-state index contributed by atoms with van der Waals surface area (Å²) in [5.74, 6) is 3.94. The number of hydrogen-bond donors (Lipinski definition) is 1. The van der Waals surface area contributed by atoms with Crippen LogP contribution in [0.25, 0.3) is 0 Å². The lowest BCUT2D eigenvalue weighted by Crippen LogP contribution is -3.14. The highest BCUT2D eigenvalue weighted by atomic mass is 16.7. The molecule has 11 unspecified atom stereocenters. The van der Waals surface area contributed by atoms with Crippen LogP contribution in [0, 0.1) is 29.6 Å². The van der Waals surface area contributed by atoms with Crippen molar-refractivity contribution in [3.63, 3.8) is 0 Å². The first-order valence-corrected chi connectivity index (χ1v) is 10.8. The highest BCUT2D eigenvalue weighted by molar-refractivity contribution is 5.05. The van der Waals surface area contributed by atoms with Gasteiger partial charge < -0.3 is 23.8 Å². The van der Waals surface area contributed by atoms with Crippen molar-refractivity contribution in [2.24, 2.45) is 29.6 Å². The predicted molar refractivity (Wildman–Crippen MR) is 96.9 cm³/mol. The molecule has 0 bridgehead atoms. The lowest BCUT2D eigenvalue weighted by atomic mass is 9.68. The summed E-state index contributed by atoms with van der Waals surface area (Å²) in [5.41, 5.74) is 0. The fraction of sp³-hybridized carbons (Fsp3) is 1.00. The second kappa shape index (κ2) is 7.00. The van der Waals surface area contributed by atoms with E-state index in [9.17, 15) is 0 Å². The Morgan fingerprint density at radius 1 is 0.846 bits per heavy atom. The molecule has 5 rings (SSSR count). The molecule has 3 aliphatic carbocycles. The lowest BCUT2D eigenvalue weighted by molar-refractivity contribution is -0.912. The Morgan fingerprint density at radius 2 is 1.65 bits per heavy atom. The quantitative estimate of drug-likeness (QED) is 0.795.